The van der Waals surface area contributed by atoms with Crippen molar-refractivity contribution in [3.8, 4) is 0 Å². The lowest BCUT2D eigenvalue weighted by molar-refractivity contribution is 0.0631. The number of hydrogen-bond acceptors (Lipinski definition) is 3. The second-order valence-corrected chi connectivity index (χ2v) is 6.19. The molecule has 0 bridgehead atoms. The van der Waals surface area contributed by atoms with E-state index in [1.54, 1.807) is 12.1 Å². The van der Waals surface area contributed by atoms with Crippen LogP contribution in [0.4, 0.5) is 0 Å². The van der Waals surface area contributed by atoms with Gasteiger partial charge in [0.1, 0.15) is 0 Å². The van der Waals surface area contributed by atoms with Crippen molar-refractivity contribution in [2.24, 2.45) is 11.7 Å². The molecular formula is C16H19ClN2O2. The Morgan fingerprint density at radius 2 is 2.33 bits per heavy atom. The fourth-order valence-electron chi connectivity index (χ4n) is 2.91. The van der Waals surface area contributed by atoms with Crippen molar-refractivity contribution < 1.29 is 9.21 Å². The predicted octanol–water partition coefficient (Wildman–Crippen LogP) is 3.29. The van der Waals surface area contributed by atoms with Crippen molar-refractivity contribution in [2.45, 2.75) is 25.8 Å². The first-order valence-electron chi connectivity index (χ1n) is 7.29. The van der Waals surface area contributed by atoms with E-state index in [0.717, 1.165) is 24.8 Å². The topological polar surface area (TPSA) is 59.5 Å². The molecule has 0 unspecified atom stereocenters. The van der Waals surface area contributed by atoms with Crippen LogP contribution in [0.3, 0.4) is 0 Å². The molecule has 5 heteroatoms. The first kappa shape index (κ1) is 14.4. The maximum absolute atomic E-state index is 12.6. The first-order chi connectivity index (χ1) is 10.1. The zero-order chi connectivity index (χ0) is 15.0. The minimum atomic E-state index is -0.0763. The minimum absolute atomic E-state index is 0.0763. The SMILES string of the molecule is C[C@@H](N)[C@H]1CCCN(C(=O)c2cc3cccc(Cl)c3o2)C1. The summed E-state index contributed by atoms with van der Waals surface area (Å²) < 4.78 is 5.66. The monoisotopic (exact) mass is 306 g/mol. The van der Waals surface area contributed by atoms with Crippen LogP contribution in [0.1, 0.15) is 30.3 Å². The fourth-order valence-corrected chi connectivity index (χ4v) is 3.13. The molecule has 1 fully saturated rings. The standard InChI is InChI=1S/C16H19ClN2O2/c1-10(18)12-5-3-7-19(9-12)16(20)14-8-11-4-2-6-13(17)15(11)21-14/h2,4,6,8,10,12H,3,5,7,9,18H2,1H3/t10-,12+/m1/s1. The molecule has 3 rings (SSSR count). The molecule has 4 nitrogen and oxygen atoms in total. The van der Waals surface area contributed by atoms with Crippen molar-refractivity contribution in [3.63, 3.8) is 0 Å². The van der Waals surface area contributed by atoms with Crippen molar-refractivity contribution in [3.05, 3.63) is 35.0 Å². The van der Waals surface area contributed by atoms with Crippen LogP contribution in [0.15, 0.2) is 28.7 Å². The van der Waals surface area contributed by atoms with Crippen LogP contribution in [-0.4, -0.2) is 29.9 Å². The Bertz CT molecular complexity index is 665. The predicted molar refractivity (Wildman–Crippen MR) is 83.5 cm³/mol. The maximum Gasteiger partial charge on any atom is 0.289 e. The minimum Gasteiger partial charge on any atom is -0.449 e. The second kappa shape index (κ2) is 5.70. The highest BCUT2D eigenvalue weighted by molar-refractivity contribution is 6.34. The number of furan rings is 1. The van der Waals surface area contributed by atoms with E-state index in [9.17, 15) is 4.79 Å². The van der Waals surface area contributed by atoms with Gasteiger partial charge in [-0.05, 0) is 37.8 Å². The highest BCUT2D eigenvalue weighted by Crippen LogP contribution is 2.28. The summed E-state index contributed by atoms with van der Waals surface area (Å²) in [7, 11) is 0. The summed E-state index contributed by atoms with van der Waals surface area (Å²) in [6.45, 7) is 3.45. The molecular weight excluding hydrogens is 288 g/mol. The molecule has 1 aromatic carbocycles. The summed E-state index contributed by atoms with van der Waals surface area (Å²) in [6.07, 6.45) is 2.06. The molecule has 1 aliphatic rings. The number of halogens is 1. The molecule has 2 heterocycles. The number of carbonyl (C=O) groups excluding carboxylic acids is 1. The second-order valence-electron chi connectivity index (χ2n) is 5.78. The van der Waals surface area contributed by atoms with E-state index in [1.807, 2.05) is 24.0 Å². The Morgan fingerprint density at radius 1 is 1.52 bits per heavy atom. The first-order valence-corrected chi connectivity index (χ1v) is 7.67. The average Bonchev–Trinajstić information content (AvgIpc) is 2.92. The highest BCUT2D eigenvalue weighted by Gasteiger charge is 2.28. The number of carbonyl (C=O) groups is 1. The molecule has 0 spiro atoms. The van der Waals surface area contributed by atoms with E-state index >= 15 is 0 Å². The molecule has 1 aromatic heterocycles. The van der Waals surface area contributed by atoms with E-state index in [-0.39, 0.29) is 11.9 Å². The lowest BCUT2D eigenvalue weighted by atomic mass is 9.92. The lowest BCUT2D eigenvalue weighted by Crippen LogP contribution is -2.44. The van der Waals surface area contributed by atoms with Crippen LogP contribution < -0.4 is 5.73 Å². The number of fused-ring (bicyclic) bond motifs is 1. The molecule has 2 aromatic rings. The smallest absolute Gasteiger partial charge is 0.289 e. The number of hydrogen-bond donors (Lipinski definition) is 1. The lowest BCUT2D eigenvalue weighted by Gasteiger charge is -2.34. The quantitative estimate of drug-likeness (QED) is 0.926. The van der Waals surface area contributed by atoms with Gasteiger partial charge in [0.05, 0.1) is 5.02 Å². The Balaban J connectivity index is 1.84. The molecule has 21 heavy (non-hydrogen) atoms. The van der Waals surface area contributed by atoms with Crippen molar-refractivity contribution in [1.82, 2.24) is 4.90 Å². The molecule has 1 saturated heterocycles. The average molecular weight is 307 g/mol. The van der Waals surface area contributed by atoms with Gasteiger partial charge in [-0.15, -0.1) is 0 Å². The zero-order valence-corrected chi connectivity index (χ0v) is 12.8. The van der Waals surface area contributed by atoms with Gasteiger partial charge in [-0.2, -0.15) is 0 Å². The molecule has 112 valence electrons. The van der Waals surface area contributed by atoms with Crippen LogP contribution in [0.5, 0.6) is 0 Å². The largest absolute Gasteiger partial charge is 0.449 e. The number of para-hydroxylation sites is 1. The van der Waals surface area contributed by atoms with E-state index < -0.39 is 0 Å². The van der Waals surface area contributed by atoms with Gasteiger partial charge in [0.25, 0.3) is 5.91 Å². The third kappa shape index (κ3) is 2.78. The summed E-state index contributed by atoms with van der Waals surface area (Å²) in [5.74, 6) is 0.631. The molecule has 0 radical (unpaired) electrons. The summed E-state index contributed by atoms with van der Waals surface area (Å²) in [5.41, 5.74) is 6.54. The molecule has 1 aliphatic heterocycles. The molecule has 2 N–H and O–H groups in total. The number of rotatable bonds is 2. The van der Waals surface area contributed by atoms with Gasteiger partial charge in [-0.25, -0.2) is 0 Å². The van der Waals surface area contributed by atoms with Crippen molar-refractivity contribution >= 4 is 28.5 Å². The summed E-state index contributed by atoms with van der Waals surface area (Å²) in [4.78, 5) is 14.4. The number of nitrogens with two attached hydrogens (primary N) is 1. The summed E-state index contributed by atoms with van der Waals surface area (Å²) in [6, 6.07) is 7.36. The third-order valence-electron chi connectivity index (χ3n) is 4.20. The summed E-state index contributed by atoms with van der Waals surface area (Å²) in [5, 5.41) is 1.38. The van der Waals surface area contributed by atoms with Crippen LogP contribution in [0.25, 0.3) is 11.0 Å². The summed E-state index contributed by atoms with van der Waals surface area (Å²) >= 11 is 6.09. The zero-order valence-electron chi connectivity index (χ0n) is 12.0. The van der Waals surface area contributed by atoms with E-state index in [2.05, 4.69) is 0 Å². The van der Waals surface area contributed by atoms with Crippen molar-refractivity contribution in [1.29, 1.82) is 0 Å². The number of piperidine rings is 1. The Morgan fingerprint density at radius 3 is 3.05 bits per heavy atom. The van der Waals surface area contributed by atoms with Gasteiger partial charge in [0, 0.05) is 24.5 Å². The number of nitrogens with zero attached hydrogens (tertiary/aromatic N) is 1. The molecule has 0 aliphatic carbocycles. The van der Waals surface area contributed by atoms with Gasteiger partial charge < -0.3 is 15.1 Å². The third-order valence-corrected chi connectivity index (χ3v) is 4.49. The Hall–Kier alpha value is -1.52. The van der Waals surface area contributed by atoms with E-state index in [1.165, 1.54) is 0 Å². The van der Waals surface area contributed by atoms with Gasteiger partial charge in [-0.3, -0.25) is 4.79 Å². The van der Waals surface area contributed by atoms with Gasteiger partial charge in [0.2, 0.25) is 0 Å². The van der Waals surface area contributed by atoms with E-state index in [0.29, 0.717) is 28.8 Å². The van der Waals surface area contributed by atoms with Crippen LogP contribution in [-0.2, 0) is 0 Å². The molecule has 1 amide bonds. The van der Waals surface area contributed by atoms with Crippen LogP contribution in [0.2, 0.25) is 5.02 Å². The van der Waals surface area contributed by atoms with E-state index in [4.69, 9.17) is 21.8 Å². The number of amides is 1. The molecule has 2 atom stereocenters. The van der Waals surface area contributed by atoms with Gasteiger partial charge in [0.15, 0.2) is 11.3 Å². The van der Waals surface area contributed by atoms with Crippen molar-refractivity contribution in [2.75, 3.05) is 13.1 Å². The Labute approximate surface area is 128 Å². The number of benzene rings is 1. The fraction of sp³-hybridized carbons (Fsp3) is 0.438. The number of likely N-dealkylation sites (tertiary alicyclic amines) is 1. The Kier molecular flexibility index (Phi) is 3.91. The van der Waals surface area contributed by atoms with Crippen LogP contribution in [0, 0.1) is 5.92 Å². The van der Waals surface area contributed by atoms with Crippen LogP contribution >= 0.6 is 11.6 Å². The molecule has 0 saturated carbocycles. The van der Waals surface area contributed by atoms with Gasteiger partial charge >= 0.3 is 0 Å². The maximum atomic E-state index is 12.6. The highest BCUT2D eigenvalue weighted by atomic mass is 35.5. The normalized spacial score (nSPS) is 20.7. The van der Waals surface area contributed by atoms with Gasteiger partial charge in [-0.1, -0.05) is 23.7 Å².